The zero-order valence-electron chi connectivity index (χ0n) is 9.98. The molecule has 0 radical (unpaired) electrons. The fraction of sp³-hybridized carbons (Fsp3) is 0.273. The summed E-state index contributed by atoms with van der Waals surface area (Å²) in [6, 6.07) is 6.34. The molecule has 1 heterocycles. The molecule has 0 spiro atoms. The number of amides is 1. The van der Waals surface area contributed by atoms with Crippen molar-refractivity contribution in [2.45, 2.75) is 4.90 Å². The standard InChI is InChI=1S/C11H13N3O4S/c15-6-5-12-11(16)7-14-8-13-19(17,18)10-4-2-1-3-9(10)14/h1-4,8,15H,5-7H2,(H,12,16). The van der Waals surface area contributed by atoms with Crippen LogP contribution in [0, 0.1) is 0 Å². The largest absolute Gasteiger partial charge is 0.395 e. The summed E-state index contributed by atoms with van der Waals surface area (Å²) in [5.41, 5.74) is 0.414. The molecule has 1 amide bonds. The highest BCUT2D eigenvalue weighted by atomic mass is 32.2. The molecule has 0 fully saturated rings. The third-order valence-electron chi connectivity index (χ3n) is 2.53. The van der Waals surface area contributed by atoms with Crippen LogP contribution in [-0.2, 0) is 14.8 Å². The van der Waals surface area contributed by atoms with Gasteiger partial charge in [0.15, 0.2) is 0 Å². The molecule has 0 bridgehead atoms. The number of benzene rings is 1. The Kier molecular flexibility index (Phi) is 3.82. The van der Waals surface area contributed by atoms with Crippen LogP contribution in [-0.4, -0.2) is 45.5 Å². The summed E-state index contributed by atoms with van der Waals surface area (Å²) in [4.78, 5) is 13.1. The highest BCUT2D eigenvalue weighted by molar-refractivity contribution is 7.90. The van der Waals surface area contributed by atoms with Crippen LogP contribution in [0.2, 0.25) is 0 Å². The molecule has 2 N–H and O–H groups in total. The lowest BCUT2D eigenvalue weighted by Gasteiger charge is -2.24. The van der Waals surface area contributed by atoms with Crippen LogP contribution in [0.5, 0.6) is 0 Å². The number of carbonyl (C=O) groups is 1. The number of hydrogen-bond acceptors (Lipinski definition) is 5. The number of aliphatic hydroxyl groups excluding tert-OH is 1. The van der Waals surface area contributed by atoms with Crippen molar-refractivity contribution in [1.82, 2.24) is 5.32 Å². The van der Waals surface area contributed by atoms with E-state index in [1.54, 1.807) is 18.2 Å². The van der Waals surface area contributed by atoms with E-state index >= 15 is 0 Å². The van der Waals surface area contributed by atoms with E-state index in [0.29, 0.717) is 5.69 Å². The number of nitrogens with zero attached hydrogens (tertiary/aromatic N) is 2. The summed E-state index contributed by atoms with van der Waals surface area (Å²) in [7, 11) is -3.67. The van der Waals surface area contributed by atoms with E-state index in [4.69, 9.17) is 5.11 Å². The second-order valence-electron chi connectivity index (χ2n) is 3.87. The molecule has 0 saturated carbocycles. The Morgan fingerprint density at radius 3 is 2.84 bits per heavy atom. The molecule has 1 aromatic rings. The molecule has 102 valence electrons. The van der Waals surface area contributed by atoms with Gasteiger partial charge in [0.05, 0.1) is 12.3 Å². The van der Waals surface area contributed by atoms with E-state index in [1.165, 1.54) is 11.0 Å². The maximum Gasteiger partial charge on any atom is 0.285 e. The Morgan fingerprint density at radius 1 is 1.37 bits per heavy atom. The normalized spacial score (nSPS) is 15.9. The van der Waals surface area contributed by atoms with Gasteiger partial charge in [0.25, 0.3) is 10.0 Å². The lowest BCUT2D eigenvalue weighted by atomic mass is 10.3. The molecular formula is C11H13N3O4S. The summed E-state index contributed by atoms with van der Waals surface area (Å²) >= 11 is 0. The Bertz CT molecular complexity index is 612. The fourth-order valence-electron chi connectivity index (χ4n) is 1.68. The Balaban J connectivity index is 2.23. The van der Waals surface area contributed by atoms with Gasteiger partial charge in [-0.1, -0.05) is 12.1 Å². The fourth-order valence-corrected chi connectivity index (χ4v) is 2.73. The molecule has 1 aliphatic rings. The molecule has 7 nitrogen and oxygen atoms in total. The maximum absolute atomic E-state index is 11.7. The number of para-hydroxylation sites is 1. The second-order valence-corrected chi connectivity index (χ2v) is 5.47. The van der Waals surface area contributed by atoms with Gasteiger partial charge in [0.1, 0.15) is 17.8 Å². The second kappa shape index (κ2) is 5.37. The van der Waals surface area contributed by atoms with Crippen LogP contribution in [0.4, 0.5) is 5.69 Å². The first-order chi connectivity index (χ1) is 9.04. The monoisotopic (exact) mass is 283 g/mol. The molecule has 8 heteroatoms. The van der Waals surface area contributed by atoms with Gasteiger partial charge in [-0.25, -0.2) is 0 Å². The zero-order valence-corrected chi connectivity index (χ0v) is 10.8. The first-order valence-corrected chi connectivity index (χ1v) is 7.02. The molecule has 0 atom stereocenters. The highest BCUT2D eigenvalue weighted by Crippen LogP contribution is 2.28. The molecule has 2 rings (SSSR count). The number of hydrogen-bond donors (Lipinski definition) is 2. The van der Waals surface area contributed by atoms with E-state index < -0.39 is 10.0 Å². The van der Waals surface area contributed by atoms with Crippen molar-refractivity contribution in [1.29, 1.82) is 0 Å². The van der Waals surface area contributed by atoms with Gasteiger partial charge in [-0.2, -0.15) is 8.42 Å². The molecule has 19 heavy (non-hydrogen) atoms. The Labute approximate surface area is 110 Å². The number of fused-ring (bicyclic) bond motifs is 1. The molecular weight excluding hydrogens is 270 g/mol. The first-order valence-electron chi connectivity index (χ1n) is 5.58. The van der Waals surface area contributed by atoms with E-state index in [9.17, 15) is 13.2 Å². The van der Waals surface area contributed by atoms with Crippen LogP contribution in [0.15, 0.2) is 33.6 Å². The van der Waals surface area contributed by atoms with E-state index in [2.05, 4.69) is 9.71 Å². The highest BCUT2D eigenvalue weighted by Gasteiger charge is 2.25. The average Bonchev–Trinajstić information content (AvgIpc) is 2.40. The van der Waals surface area contributed by atoms with Crippen LogP contribution in [0.1, 0.15) is 0 Å². The molecule has 0 saturated heterocycles. The smallest absolute Gasteiger partial charge is 0.285 e. The minimum Gasteiger partial charge on any atom is -0.395 e. The summed E-state index contributed by atoms with van der Waals surface area (Å²) in [6.45, 7) is -0.0510. The van der Waals surface area contributed by atoms with E-state index in [1.807, 2.05) is 0 Å². The minimum atomic E-state index is -3.67. The van der Waals surface area contributed by atoms with Gasteiger partial charge in [-0.15, -0.1) is 4.40 Å². The number of rotatable bonds is 4. The Hall–Kier alpha value is -1.93. The van der Waals surface area contributed by atoms with Gasteiger partial charge in [-0.3, -0.25) is 4.79 Å². The molecule has 0 aliphatic carbocycles. The van der Waals surface area contributed by atoms with Gasteiger partial charge in [0, 0.05) is 6.54 Å². The summed E-state index contributed by atoms with van der Waals surface area (Å²) < 4.78 is 26.9. The van der Waals surface area contributed by atoms with Crippen molar-refractivity contribution in [2.75, 3.05) is 24.6 Å². The van der Waals surface area contributed by atoms with Gasteiger partial charge in [0.2, 0.25) is 5.91 Å². The topological polar surface area (TPSA) is 99.1 Å². The molecule has 1 aliphatic heterocycles. The lowest BCUT2D eigenvalue weighted by molar-refractivity contribution is -0.119. The number of anilines is 1. The SMILES string of the molecule is O=C(CN1C=NS(=O)(=O)c2ccccc21)NCCO. The van der Waals surface area contributed by atoms with Crippen LogP contribution in [0.25, 0.3) is 0 Å². The molecule has 0 aromatic heterocycles. The predicted molar refractivity (Wildman–Crippen MR) is 69.6 cm³/mol. The predicted octanol–water partition coefficient (Wildman–Crippen LogP) is -0.668. The first kappa shape index (κ1) is 13.5. The van der Waals surface area contributed by atoms with Gasteiger partial charge < -0.3 is 15.3 Å². The van der Waals surface area contributed by atoms with Crippen molar-refractivity contribution < 1.29 is 18.3 Å². The summed E-state index contributed by atoms with van der Waals surface area (Å²) in [5.74, 6) is -0.324. The van der Waals surface area contributed by atoms with Gasteiger partial charge in [-0.05, 0) is 12.1 Å². The van der Waals surface area contributed by atoms with E-state index in [-0.39, 0.29) is 30.5 Å². The zero-order chi connectivity index (χ0) is 13.9. The number of nitrogens with one attached hydrogen (secondary N) is 1. The van der Waals surface area contributed by atoms with Crippen molar-refractivity contribution in [2.24, 2.45) is 4.40 Å². The summed E-state index contributed by atoms with van der Waals surface area (Å²) in [5, 5.41) is 11.1. The lowest BCUT2D eigenvalue weighted by Crippen LogP contribution is -2.39. The average molecular weight is 283 g/mol. The van der Waals surface area contributed by atoms with Crippen molar-refractivity contribution in [3.63, 3.8) is 0 Å². The number of aliphatic hydroxyl groups is 1. The third kappa shape index (κ3) is 2.91. The van der Waals surface area contributed by atoms with Crippen LogP contribution in [0.3, 0.4) is 0 Å². The van der Waals surface area contributed by atoms with Crippen molar-refractivity contribution in [3.8, 4) is 0 Å². The quantitative estimate of drug-likeness (QED) is 0.763. The third-order valence-corrected chi connectivity index (χ3v) is 3.80. The maximum atomic E-state index is 11.7. The van der Waals surface area contributed by atoms with Crippen molar-refractivity contribution >= 4 is 28.0 Å². The van der Waals surface area contributed by atoms with E-state index in [0.717, 1.165) is 6.34 Å². The van der Waals surface area contributed by atoms with Crippen molar-refractivity contribution in [3.05, 3.63) is 24.3 Å². The Morgan fingerprint density at radius 2 is 2.11 bits per heavy atom. The number of carbonyl (C=O) groups excluding carboxylic acids is 1. The summed E-state index contributed by atoms with van der Waals surface area (Å²) in [6.07, 6.45) is 1.12. The minimum absolute atomic E-state index is 0.0595. The number of sulfonamides is 1. The molecule has 0 unspecified atom stereocenters. The van der Waals surface area contributed by atoms with Crippen LogP contribution < -0.4 is 10.2 Å². The van der Waals surface area contributed by atoms with Crippen LogP contribution >= 0.6 is 0 Å². The molecule has 1 aromatic carbocycles. The van der Waals surface area contributed by atoms with Gasteiger partial charge >= 0.3 is 0 Å².